The quantitative estimate of drug-likeness (QED) is 0.417. The molecule has 0 aliphatic heterocycles. The van der Waals surface area contributed by atoms with E-state index in [1.165, 1.54) is 24.3 Å². The van der Waals surface area contributed by atoms with Gasteiger partial charge in [0.05, 0.1) is 4.90 Å². The van der Waals surface area contributed by atoms with Crippen molar-refractivity contribution in [1.82, 2.24) is 0 Å². The molecule has 4 nitrogen and oxygen atoms in total. The number of benzene rings is 1. The Labute approximate surface area is 81.0 Å². The molecular formula is C6H7FeNO3S. The summed E-state index contributed by atoms with van der Waals surface area (Å²) in [5, 5.41) is 0. The molecule has 0 fully saturated rings. The Balaban J connectivity index is 0.00000121. The molecule has 0 saturated carbocycles. The van der Waals surface area contributed by atoms with E-state index in [0.29, 0.717) is 5.69 Å². The van der Waals surface area contributed by atoms with Crippen molar-refractivity contribution in [3.8, 4) is 0 Å². The average Bonchev–Trinajstić information content (AvgIpc) is 1.86. The summed E-state index contributed by atoms with van der Waals surface area (Å²) >= 11 is 0. The molecule has 1 rings (SSSR count). The molecule has 1 aromatic rings. The van der Waals surface area contributed by atoms with Crippen LogP contribution in [0.15, 0.2) is 29.2 Å². The standard InChI is InChI=1S/C6H7NO3S.Fe/c7-5-1-3-6(4-2-5)11(8,9)10;/h1-4H,7H2,(H,8,9,10);. The maximum atomic E-state index is 10.5. The number of anilines is 1. The normalized spacial score (nSPS) is 10.4. The van der Waals surface area contributed by atoms with E-state index in [9.17, 15) is 8.42 Å². The molecule has 0 atom stereocenters. The molecule has 3 N–H and O–H groups in total. The van der Waals surface area contributed by atoms with E-state index in [2.05, 4.69) is 0 Å². The maximum Gasteiger partial charge on any atom is 0.294 e. The van der Waals surface area contributed by atoms with Gasteiger partial charge >= 0.3 is 0 Å². The minimum absolute atomic E-state index is 0. The summed E-state index contributed by atoms with van der Waals surface area (Å²) < 4.78 is 29.4. The van der Waals surface area contributed by atoms with Crippen LogP contribution in [0.2, 0.25) is 0 Å². The molecule has 0 unspecified atom stereocenters. The smallest absolute Gasteiger partial charge is 0.294 e. The predicted octanol–water partition coefficient (Wildman–Crippen LogP) is 0.513. The average molecular weight is 229 g/mol. The monoisotopic (exact) mass is 229 g/mol. The van der Waals surface area contributed by atoms with Crippen molar-refractivity contribution in [2.75, 3.05) is 5.73 Å². The second kappa shape index (κ2) is 3.91. The van der Waals surface area contributed by atoms with Crippen LogP contribution < -0.4 is 5.73 Å². The first-order valence-electron chi connectivity index (χ1n) is 2.83. The van der Waals surface area contributed by atoms with Gasteiger partial charge in [-0.25, -0.2) is 0 Å². The minimum atomic E-state index is -4.08. The zero-order valence-corrected chi connectivity index (χ0v) is 7.83. The Morgan fingerprint density at radius 1 is 1.17 bits per heavy atom. The van der Waals surface area contributed by atoms with Crippen LogP contribution in [0, 0.1) is 0 Å². The third kappa shape index (κ3) is 2.83. The number of nitrogen functional groups attached to an aromatic ring is 1. The van der Waals surface area contributed by atoms with Crippen molar-refractivity contribution >= 4 is 15.8 Å². The van der Waals surface area contributed by atoms with Crippen LogP contribution in [0.3, 0.4) is 0 Å². The van der Waals surface area contributed by atoms with Crippen molar-refractivity contribution in [2.45, 2.75) is 4.90 Å². The first kappa shape index (κ1) is 11.4. The topological polar surface area (TPSA) is 80.4 Å². The number of nitrogens with two attached hydrogens (primary N) is 1. The summed E-state index contributed by atoms with van der Waals surface area (Å²) in [4.78, 5) is -0.147. The van der Waals surface area contributed by atoms with Crippen molar-refractivity contribution < 1.29 is 30.0 Å². The molecular weight excluding hydrogens is 222 g/mol. The molecule has 0 amide bonds. The van der Waals surface area contributed by atoms with Gasteiger partial charge in [0.1, 0.15) is 0 Å². The predicted molar refractivity (Wildman–Crippen MR) is 40.7 cm³/mol. The van der Waals surface area contributed by atoms with Gasteiger partial charge in [0, 0.05) is 22.8 Å². The molecule has 0 bridgehead atoms. The fraction of sp³-hybridized carbons (Fsp3) is 0. The van der Waals surface area contributed by atoms with Crippen LogP contribution >= 0.6 is 0 Å². The molecule has 0 radical (unpaired) electrons. The maximum absolute atomic E-state index is 10.5. The molecule has 0 saturated heterocycles. The number of hydrogen-bond acceptors (Lipinski definition) is 3. The van der Waals surface area contributed by atoms with E-state index in [0.717, 1.165) is 0 Å². The van der Waals surface area contributed by atoms with Crippen LogP contribution in [0.5, 0.6) is 0 Å². The van der Waals surface area contributed by atoms with E-state index >= 15 is 0 Å². The van der Waals surface area contributed by atoms with Crippen molar-refractivity contribution in [2.24, 2.45) is 0 Å². The van der Waals surface area contributed by atoms with Gasteiger partial charge in [0.15, 0.2) is 0 Å². The van der Waals surface area contributed by atoms with Crippen LogP contribution in [0.25, 0.3) is 0 Å². The molecule has 12 heavy (non-hydrogen) atoms. The summed E-state index contributed by atoms with van der Waals surface area (Å²) in [6.07, 6.45) is 0. The van der Waals surface area contributed by atoms with Crippen LogP contribution in [0.4, 0.5) is 5.69 Å². The molecule has 1 aromatic carbocycles. The van der Waals surface area contributed by atoms with Crippen molar-refractivity contribution in [3.63, 3.8) is 0 Å². The fourth-order valence-corrected chi connectivity index (χ4v) is 1.12. The molecule has 0 spiro atoms. The summed E-state index contributed by atoms with van der Waals surface area (Å²) in [5.74, 6) is 0. The first-order chi connectivity index (χ1) is 5.00. The minimum Gasteiger partial charge on any atom is -0.399 e. The summed E-state index contributed by atoms with van der Waals surface area (Å²) in [5.41, 5.74) is 5.75. The Hall–Kier alpha value is -0.551. The second-order valence-corrected chi connectivity index (χ2v) is 3.47. The van der Waals surface area contributed by atoms with Gasteiger partial charge < -0.3 is 5.73 Å². The third-order valence-corrected chi connectivity index (χ3v) is 2.05. The first-order valence-corrected chi connectivity index (χ1v) is 4.27. The Morgan fingerprint density at radius 2 is 1.58 bits per heavy atom. The summed E-state index contributed by atoms with van der Waals surface area (Å²) in [7, 11) is -4.08. The summed E-state index contributed by atoms with van der Waals surface area (Å²) in [6, 6.07) is 5.29. The number of hydrogen-bond donors (Lipinski definition) is 2. The zero-order chi connectivity index (χ0) is 8.48. The van der Waals surface area contributed by atoms with E-state index in [-0.39, 0.29) is 22.0 Å². The molecule has 0 aromatic heterocycles. The molecule has 68 valence electrons. The van der Waals surface area contributed by atoms with Crippen molar-refractivity contribution in [3.05, 3.63) is 24.3 Å². The Kier molecular flexibility index (Phi) is 3.73. The molecule has 6 heteroatoms. The summed E-state index contributed by atoms with van der Waals surface area (Å²) in [6.45, 7) is 0. The Bertz CT molecular complexity index is 346. The SMILES string of the molecule is Nc1ccc(S(=O)(=O)O)cc1.[Fe]. The van der Waals surface area contributed by atoms with E-state index in [4.69, 9.17) is 10.3 Å². The number of rotatable bonds is 1. The molecule has 0 heterocycles. The van der Waals surface area contributed by atoms with Gasteiger partial charge in [-0.05, 0) is 24.3 Å². The fourth-order valence-electron chi connectivity index (χ4n) is 0.640. The zero-order valence-electron chi connectivity index (χ0n) is 5.91. The van der Waals surface area contributed by atoms with Gasteiger partial charge in [0.25, 0.3) is 10.1 Å². The molecule has 0 aliphatic carbocycles. The van der Waals surface area contributed by atoms with Gasteiger partial charge in [-0.1, -0.05) is 0 Å². The van der Waals surface area contributed by atoms with E-state index < -0.39 is 10.1 Å². The van der Waals surface area contributed by atoms with Crippen LogP contribution in [-0.2, 0) is 27.2 Å². The largest absolute Gasteiger partial charge is 0.399 e. The molecule has 0 aliphatic rings. The van der Waals surface area contributed by atoms with E-state index in [1.54, 1.807) is 0 Å². The second-order valence-electron chi connectivity index (χ2n) is 2.04. The van der Waals surface area contributed by atoms with Gasteiger partial charge in [-0.2, -0.15) is 8.42 Å². The van der Waals surface area contributed by atoms with Gasteiger partial charge in [-0.15, -0.1) is 0 Å². The third-order valence-electron chi connectivity index (χ3n) is 1.18. The van der Waals surface area contributed by atoms with Crippen LogP contribution in [0.1, 0.15) is 0 Å². The van der Waals surface area contributed by atoms with Gasteiger partial charge in [0.2, 0.25) is 0 Å². The Morgan fingerprint density at radius 3 is 1.92 bits per heavy atom. The van der Waals surface area contributed by atoms with Crippen LogP contribution in [-0.4, -0.2) is 13.0 Å². The van der Waals surface area contributed by atoms with Crippen molar-refractivity contribution in [1.29, 1.82) is 0 Å². The van der Waals surface area contributed by atoms with Gasteiger partial charge in [-0.3, -0.25) is 4.55 Å². The van der Waals surface area contributed by atoms with E-state index in [1.807, 2.05) is 0 Å².